The lowest BCUT2D eigenvalue weighted by Crippen LogP contribution is -2.57. The zero-order valence-corrected chi connectivity index (χ0v) is 26.0. The lowest BCUT2D eigenvalue weighted by molar-refractivity contribution is -0.144. The number of carbonyl (C=O) groups excluding carboxylic acids is 3. The number of benzene rings is 1. The van der Waals surface area contributed by atoms with Crippen molar-refractivity contribution in [3.63, 3.8) is 0 Å². The summed E-state index contributed by atoms with van der Waals surface area (Å²) in [5.41, 5.74) is 2.77. The molecule has 0 radical (unpaired) electrons. The summed E-state index contributed by atoms with van der Waals surface area (Å²) < 4.78 is 0. The highest BCUT2D eigenvalue weighted by Crippen LogP contribution is 2.30. The molecule has 0 bridgehead atoms. The maximum atomic E-state index is 13.7. The number of thiophene rings is 1. The fourth-order valence-corrected chi connectivity index (χ4v) is 6.23. The van der Waals surface area contributed by atoms with Crippen molar-refractivity contribution >= 4 is 45.0 Å². The van der Waals surface area contributed by atoms with Gasteiger partial charge in [-0.15, -0.1) is 11.3 Å². The lowest BCUT2D eigenvalue weighted by Gasteiger charge is -2.35. The standard InChI is InChI=1S/C30H42BrN3O4S/c1-19-14-16-39-26(19)22-12-10-21(11-13-22)20(2)32-28(37)24-17-23(35)18-34(24)29(38)27(30(3,4)5)33-25(36)9-7-6-8-15-31/h10-14,16,20,23-24,27,35H,6-9,15,17-18H2,1-5H3,(H,32,37)(H,33,36)/t20-,23+,24-,27-/m0/s1. The highest BCUT2D eigenvalue weighted by molar-refractivity contribution is 9.09. The summed E-state index contributed by atoms with van der Waals surface area (Å²) in [6.07, 6.45) is 2.40. The van der Waals surface area contributed by atoms with E-state index >= 15 is 0 Å². The molecule has 1 fully saturated rings. The number of carbonyl (C=O) groups is 3. The molecule has 1 saturated heterocycles. The molecule has 214 valence electrons. The molecule has 0 aliphatic carbocycles. The van der Waals surface area contributed by atoms with Crippen molar-refractivity contribution in [2.75, 3.05) is 11.9 Å². The quantitative estimate of drug-likeness (QED) is 0.233. The van der Waals surface area contributed by atoms with Crippen LogP contribution in [-0.2, 0) is 14.4 Å². The van der Waals surface area contributed by atoms with Crippen molar-refractivity contribution in [3.05, 3.63) is 46.8 Å². The number of amides is 3. The van der Waals surface area contributed by atoms with Gasteiger partial charge in [0.25, 0.3) is 0 Å². The SMILES string of the molecule is Cc1ccsc1-c1ccc([C@H](C)NC(=O)[C@@H]2C[C@@H](O)CN2C(=O)[C@H](NC(=O)CCCCCBr)C(C)(C)C)cc1. The Balaban J connectivity index is 1.68. The van der Waals surface area contributed by atoms with Gasteiger partial charge in [-0.05, 0) is 60.2 Å². The zero-order valence-electron chi connectivity index (χ0n) is 23.6. The largest absolute Gasteiger partial charge is 0.391 e. The van der Waals surface area contributed by atoms with Crippen LogP contribution in [-0.4, -0.2) is 57.8 Å². The van der Waals surface area contributed by atoms with E-state index in [1.165, 1.54) is 15.3 Å². The first kappa shape index (κ1) is 31.3. The molecule has 9 heteroatoms. The van der Waals surface area contributed by atoms with Crippen molar-refractivity contribution < 1.29 is 19.5 Å². The second-order valence-corrected chi connectivity index (χ2v) is 13.3. The Kier molecular flexibility index (Phi) is 11.2. The summed E-state index contributed by atoms with van der Waals surface area (Å²) in [4.78, 5) is 42.4. The third-order valence-electron chi connectivity index (χ3n) is 7.21. The van der Waals surface area contributed by atoms with Crippen molar-refractivity contribution in [1.82, 2.24) is 15.5 Å². The van der Waals surface area contributed by atoms with Gasteiger partial charge in [0.2, 0.25) is 17.7 Å². The van der Waals surface area contributed by atoms with Crippen LogP contribution in [0.5, 0.6) is 0 Å². The Morgan fingerprint density at radius 2 is 1.79 bits per heavy atom. The van der Waals surface area contributed by atoms with Crippen LogP contribution in [0.25, 0.3) is 10.4 Å². The fourth-order valence-electron chi connectivity index (χ4n) is 4.89. The number of likely N-dealkylation sites (tertiary alicyclic amines) is 1. The van der Waals surface area contributed by atoms with E-state index in [0.29, 0.717) is 6.42 Å². The second-order valence-electron chi connectivity index (χ2n) is 11.5. The average Bonchev–Trinajstić information content (AvgIpc) is 3.49. The molecule has 2 aromatic rings. The topological polar surface area (TPSA) is 98.7 Å². The Bertz CT molecular complexity index is 1130. The summed E-state index contributed by atoms with van der Waals surface area (Å²) >= 11 is 5.10. The molecule has 3 amide bonds. The molecule has 1 aliphatic heterocycles. The van der Waals surface area contributed by atoms with E-state index in [0.717, 1.165) is 35.7 Å². The van der Waals surface area contributed by atoms with Crippen molar-refractivity contribution in [3.8, 4) is 10.4 Å². The Labute approximate surface area is 244 Å². The molecule has 0 unspecified atom stereocenters. The van der Waals surface area contributed by atoms with Gasteiger partial charge in [0.15, 0.2) is 0 Å². The molecular formula is C30H42BrN3O4S. The molecule has 1 aromatic carbocycles. The molecule has 0 spiro atoms. The number of hydrogen-bond donors (Lipinski definition) is 3. The molecule has 1 aromatic heterocycles. The van der Waals surface area contributed by atoms with Gasteiger partial charge in [-0.1, -0.05) is 67.4 Å². The van der Waals surface area contributed by atoms with Crippen LogP contribution < -0.4 is 10.6 Å². The minimum Gasteiger partial charge on any atom is -0.391 e. The van der Waals surface area contributed by atoms with E-state index in [1.807, 2.05) is 39.8 Å². The first-order valence-corrected chi connectivity index (χ1v) is 15.7. The Hall–Kier alpha value is -2.23. The summed E-state index contributed by atoms with van der Waals surface area (Å²) in [7, 11) is 0. The van der Waals surface area contributed by atoms with Gasteiger partial charge in [-0.25, -0.2) is 0 Å². The van der Waals surface area contributed by atoms with Gasteiger partial charge < -0.3 is 20.6 Å². The van der Waals surface area contributed by atoms with Crippen LogP contribution in [0.4, 0.5) is 0 Å². The molecule has 0 saturated carbocycles. The van der Waals surface area contributed by atoms with E-state index < -0.39 is 23.6 Å². The number of nitrogens with zero attached hydrogens (tertiary/aromatic N) is 1. The fraction of sp³-hybridized carbons (Fsp3) is 0.567. The normalized spacial score (nSPS) is 19.0. The molecular weight excluding hydrogens is 578 g/mol. The number of alkyl halides is 1. The smallest absolute Gasteiger partial charge is 0.246 e. The Morgan fingerprint density at radius 3 is 2.38 bits per heavy atom. The van der Waals surface area contributed by atoms with Gasteiger partial charge >= 0.3 is 0 Å². The molecule has 4 atom stereocenters. The molecule has 7 nitrogen and oxygen atoms in total. The van der Waals surface area contributed by atoms with Crippen molar-refractivity contribution in [2.24, 2.45) is 5.41 Å². The van der Waals surface area contributed by atoms with Crippen molar-refractivity contribution in [1.29, 1.82) is 0 Å². The molecule has 1 aliphatic rings. The first-order chi connectivity index (χ1) is 18.4. The average molecular weight is 621 g/mol. The number of aliphatic hydroxyl groups is 1. The monoisotopic (exact) mass is 619 g/mol. The summed E-state index contributed by atoms with van der Waals surface area (Å²) in [5.74, 6) is -0.816. The Morgan fingerprint density at radius 1 is 1.10 bits per heavy atom. The predicted molar refractivity (Wildman–Crippen MR) is 161 cm³/mol. The van der Waals surface area contributed by atoms with Gasteiger partial charge in [0.05, 0.1) is 12.1 Å². The number of nitrogens with one attached hydrogen (secondary N) is 2. The van der Waals surface area contributed by atoms with E-state index in [4.69, 9.17) is 0 Å². The number of aryl methyl sites for hydroxylation is 1. The van der Waals surface area contributed by atoms with Crippen LogP contribution in [0.3, 0.4) is 0 Å². The van der Waals surface area contributed by atoms with Gasteiger partial charge in [0.1, 0.15) is 12.1 Å². The first-order valence-electron chi connectivity index (χ1n) is 13.7. The number of rotatable bonds is 11. The summed E-state index contributed by atoms with van der Waals surface area (Å²) in [5, 5.41) is 19.4. The maximum Gasteiger partial charge on any atom is 0.246 e. The van der Waals surface area contributed by atoms with Crippen LogP contribution in [0.1, 0.15) is 77.0 Å². The summed E-state index contributed by atoms with van der Waals surface area (Å²) in [6.45, 7) is 9.75. The highest BCUT2D eigenvalue weighted by atomic mass is 79.9. The summed E-state index contributed by atoms with van der Waals surface area (Å²) in [6, 6.07) is 8.36. The van der Waals surface area contributed by atoms with Crippen LogP contribution in [0.15, 0.2) is 35.7 Å². The highest BCUT2D eigenvalue weighted by Gasteiger charge is 2.44. The van der Waals surface area contributed by atoms with Crippen molar-refractivity contribution in [2.45, 2.75) is 91.0 Å². The number of halogens is 1. The van der Waals surface area contributed by atoms with E-state index in [2.05, 4.69) is 57.1 Å². The van der Waals surface area contributed by atoms with Crippen LogP contribution >= 0.6 is 27.3 Å². The van der Waals surface area contributed by atoms with Crippen LogP contribution in [0, 0.1) is 12.3 Å². The predicted octanol–water partition coefficient (Wildman–Crippen LogP) is 5.35. The number of unbranched alkanes of at least 4 members (excludes halogenated alkanes) is 2. The molecule has 2 heterocycles. The third-order valence-corrected chi connectivity index (χ3v) is 8.84. The number of hydrogen-bond acceptors (Lipinski definition) is 5. The minimum absolute atomic E-state index is 0.0634. The maximum absolute atomic E-state index is 13.7. The molecule has 3 N–H and O–H groups in total. The van der Waals surface area contributed by atoms with Crippen LogP contribution in [0.2, 0.25) is 0 Å². The molecule has 39 heavy (non-hydrogen) atoms. The lowest BCUT2D eigenvalue weighted by atomic mass is 9.85. The van der Waals surface area contributed by atoms with E-state index in [9.17, 15) is 19.5 Å². The van der Waals surface area contributed by atoms with E-state index in [-0.39, 0.29) is 36.7 Å². The van der Waals surface area contributed by atoms with Gasteiger partial charge in [-0.3, -0.25) is 14.4 Å². The van der Waals surface area contributed by atoms with Gasteiger partial charge in [0, 0.05) is 29.6 Å². The number of β-amino-alcohol motifs (C(OH)–C–C–N with tert-alkyl or cyclic N) is 1. The number of aliphatic hydroxyl groups excluding tert-OH is 1. The molecule has 3 rings (SSSR count). The minimum atomic E-state index is -0.802. The zero-order chi connectivity index (χ0) is 28.7. The van der Waals surface area contributed by atoms with Gasteiger partial charge in [-0.2, -0.15) is 0 Å². The second kappa shape index (κ2) is 13.9. The third kappa shape index (κ3) is 8.38. The van der Waals surface area contributed by atoms with E-state index in [1.54, 1.807) is 11.3 Å².